The summed E-state index contributed by atoms with van der Waals surface area (Å²) in [4.78, 5) is 10.1. The number of aromatic nitrogens is 3. The molecule has 0 unspecified atom stereocenters. The van der Waals surface area contributed by atoms with Gasteiger partial charge in [-0.15, -0.1) is 0 Å². The highest BCUT2D eigenvalue weighted by Crippen LogP contribution is 2.40. The number of benzene rings is 1. The van der Waals surface area contributed by atoms with Crippen LogP contribution in [0.1, 0.15) is 60.5 Å². The van der Waals surface area contributed by atoms with Crippen molar-refractivity contribution in [2.75, 3.05) is 33.2 Å². The lowest BCUT2D eigenvalue weighted by atomic mass is 10.1. The molecule has 2 aromatic rings. The van der Waals surface area contributed by atoms with Crippen LogP contribution in [0.5, 0.6) is 0 Å². The quantitative estimate of drug-likeness (QED) is 0.849. The zero-order valence-electron chi connectivity index (χ0n) is 15.9. The van der Waals surface area contributed by atoms with Gasteiger partial charge < -0.3 is 4.90 Å². The second kappa shape index (κ2) is 6.46. The first-order chi connectivity index (χ1) is 12.7. The van der Waals surface area contributed by atoms with Crippen molar-refractivity contribution in [3.05, 3.63) is 47.0 Å². The molecule has 3 aliphatic rings. The number of likely N-dealkylation sites (N-methyl/N-ethyl adjacent to an activating group) is 1. The van der Waals surface area contributed by atoms with Crippen LogP contribution in [0.15, 0.2) is 24.3 Å². The summed E-state index contributed by atoms with van der Waals surface area (Å²) in [6, 6.07) is 9.64. The number of nitrogens with zero attached hydrogens (tertiary/aromatic N) is 5. The van der Waals surface area contributed by atoms with Gasteiger partial charge in [0.25, 0.3) is 0 Å². The summed E-state index contributed by atoms with van der Waals surface area (Å²) >= 11 is 0. The van der Waals surface area contributed by atoms with Gasteiger partial charge in [-0.1, -0.05) is 24.3 Å². The highest BCUT2D eigenvalue weighted by molar-refractivity contribution is 5.33. The average Bonchev–Trinajstić information content (AvgIpc) is 3.27. The molecule has 26 heavy (non-hydrogen) atoms. The normalized spacial score (nSPS) is 23.3. The predicted molar refractivity (Wildman–Crippen MR) is 102 cm³/mol. The van der Waals surface area contributed by atoms with Gasteiger partial charge in [0.05, 0.1) is 12.1 Å². The van der Waals surface area contributed by atoms with Crippen LogP contribution in [-0.2, 0) is 12.8 Å². The lowest BCUT2D eigenvalue weighted by Crippen LogP contribution is -2.45. The molecule has 0 amide bonds. The summed E-state index contributed by atoms with van der Waals surface area (Å²) in [5, 5.41) is 5.04. The Bertz CT molecular complexity index is 760. The maximum atomic E-state index is 5.07. The van der Waals surface area contributed by atoms with Crippen LogP contribution in [0.25, 0.3) is 0 Å². The molecule has 0 spiro atoms. The van der Waals surface area contributed by atoms with Gasteiger partial charge in [0.15, 0.2) is 5.82 Å². The third-order valence-corrected chi connectivity index (χ3v) is 6.45. The summed E-state index contributed by atoms with van der Waals surface area (Å²) in [7, 11) is 2.21. The Hall–Kier alpha value is -1.72. The Balaban J connectivity index is 1.44. The molecule has 0 bridgehead atoms. The molecule has 5 nitrogen and oxygen atoms in total. The number of fused-ring (bicyclic) bond motifs is 1. The van der Waals surface area contributed by atoms with E-state index in [-0.39, 0.29) is 0 Å². The first kappa shape index (κ1) is 16.5. The summed E-state index contributed by atoms with van der Waals surface area (Å²) in [5.74, 6) is 2.89. The lowest BCUT2D eigenvalue weighted by molar-refractivity contribution is 0.112. The van der Waals surface area contributed by atoms with Gasteiger partial charge in [-0.25, -0.2) is 9.67 Å². The summed E-state index contributed by atoms with van der Waals surface area (Å²) in [5.41, 5.74) is 2.97. The SMILES string of the molecule is C[C@@H](c1nc(C2CC2)nn1C1Cc2ccccc2C1)N1CCN(C)CC1. The maximum Gasteiger partial charge on any atom is 0.154 e. The van der Waals surface area contributed by atoms with E-state index >= 15 is 0 Å². The second-order valence-electron chi connectivity index (χ2n) is 8.39. The number of hydrogen-bond donors (Lipinski definition) is 0. The monoisotopic (exact) mass is 351 g/mol. The molecule has 0 radical (unpaired) electrons. The van der Waals surface area contributed by atoms with E-state index in [1.165, 1.54) is 29.8 Å². The van der Waals surface area contributed by atoms with Crippen molar-refractivity contribution in [3.8, 4) is 0 Å². The van der Waals surface area contributed by atoms with E-state index in [4.69, 9.17) is 10.1 Å². The molecule has 0 N–H and O–H groups in total. The van der Waals surface area contributed by atoms with Crippen molar-refractivity contribution in [1.82, 2.24) is 24.6 Å². The zero-order chi connectivity index (χ0) is 17.7. The van der Waals surface area contributed by atoms with Crippen molar-refractivity contribution in [2.24, 2.45) is 0 Å². The fourth-order valence-corrected chi connectivity index (χ4v) is 4.50. The number of hydrogen-bond acceptors (Lipinski definition) is 4. The molecule has 2 heterocycles. The fraction of sp³-hybridized carbons (Fsp3) is 0.619. The molecule has 1 aromatic heterocycles. The van der Waals surface area contributed by atoms with Crippen LogP contribution in [-0.4, -0.2) is 57.8 Å². The molecule has 1 aromatic carbocycles. The van der Waals surface area contributed by atoms with E-state index in [0.29, 0.717) is 18.0 Å². The number of rotatable bonds is 4. The van der Waals surface area contributed by atoms with Crippen LogP contribution < -0.4 is 0 Å². The van der Waals surface area contributed by atoms with Crippen LogP contribution in [0.3, 0.4) is 0 Å². The number of piperazine rings is 1. The Labute approximate surface area is 156 Å². The van der Waals surface area contributed by atoms with Crippen molar-refractivity contribution in [2.45, 2.75) is 50.6 Å². The van der Waals surface area contributed by atoms with Crippen LogP contribution in [0, 0.1) is 0 Å². The minimum Gasteiger partial charge on any atom is -0.304 e. The van der Waals surface area contributed by atoms with Crippen molar-refractivity contribution >= 4 is 0 Å². The van der Waals surface area contributed by atoms with Gasteiger partial charge in [-0.3, -0.25) is 4.90 Å². The van der Waals surface area contributed by atoms with Gasteiger partial charge >= 0.3 is 0 Å². The third-order valence-electron chi connectivity index (χ3n) is 6.45. The summed E-state index contributed by atoms with van der Waals surface area (Å²) < 4.78 is 2.30. The van der Waals surface area contributed by atoms with Crippen molar-refractivity contribution in [3.63, 3.8) is 0 Å². The predicted octanol–water partition coefficient (Wildman–Crippen LogP) is 2.80. The van der Waals surface area contributed by atoms with E-state index in [9.17, 15) is 0 Å². The van der Waals surface area contributed by atoms with E-state index in [2.05, 4.69) is 52.7 Å². The first-order valence-electron chi connectivity index (χ1n) is 10.1. The third kappa shape index (κ3) is 2.97. The van der Waals surface area contributed by atoms with E-state index < -0.39 is 0 Å². The van der Waals surface area contributed by atoms with Gasteiger partial charge in [-0.05, 0) is 50.8 Å². The maximum absolute atomic E-state index is 5.07. The molecule has 138 valence electrons. The molecule has 1 atom stereocenters. The minimum atomic E-state index is 0.340. The van der Waals surface area contributed by atoms with Crippen LogP contribution in [0.4, 0.5) is 0 Å². The smallest absolute Gasteiger partial charge is 0.154 e. The van der Waals surface area contributed by atoms with Crippen LogP contribution >= 0.6 is 0 Å². The topological polar surface area (TPSA) is 37.2 Å². The van der Waals surface area contributed by atoms with Gasteiger partial charge in [0.2, 0.25) is 0 Å². The largest absolute Gasteiger partial charge is 0.304 e. The molecule has 1 saturated carbocycles. The molecule has 1 aliphatic heterocycles. The van der Waals surface area contributed by atoms with Crippen molar-refractivity contribution in [1.29, 1.82) is 0 Å². The van der Waals surface area contributed by atoms with Crippen LogP contribution in [0.2, 0.25) is 0 Å². The van der Waals surface area contributed by atoms with Gasteiger partial charge in [0.1, 0.15) is 5.82 Å². The summed E-state index contributed by atoms with van der Waals surface area (Å²) in [6.07, 6.45) is 4.70. The molecule has 5 rings (SSSR count). The molecule has 2 fully saturated rings. The standard InChI is InChI=1S/C21H29N5/c1-15(25-11-9-24(2)10-12-25)21-22-20(16-7-8-16)23-26(21)19-13-17-5-3-4-6-18(17)14-19/h3-6,15-16,19H,7-14H2,1-2H3/t15-/m0/s1. The van der Waals surface area contributed by atoms with E-state index in [1.54, 1.807) is 0 Å². The minimum absolute atomic E-state index is 0.340. The Morgan fingerprint density at radius 3 is 2.27 bits per heavy atom. The molecular formula is C21H29N5. The average molecular weight is 351 g/mol. The van der Waals surface area contributed by atoms with Crippen molar-refractivity contribution < 1.29 is 0 Å². The molecule has 2 aliphatic carbocycles. The summed E-state index contributed by atoms with van der Waals surface area (Å²) in [6.45, 7) is 6.85. The molecular weight excluding hydrogens is 322 g/mol. The fourth-order valence-electron chi connectivity index (χ4n) is 4.50. The zero-order valence-corrected chi connectivity index (χ0v) is 15.9. The second-order valence-corrected chi connectivity index (χ2v) is 8.39. The van der Waals surface area contributed by atoms with Gasteiger partial charge in [0, 0.05) is 32.1 Å². The Morgan fingerprint density at radius 1 is 1.00 bits per heavy atom. The molecule has 5 heteroatoms. The highest BCUT2D eigenvalue weighted by Gasteiger charge is 2.34. The van der Waals surface area contributed by atoms with E-state index in [0.717, 1.165) is 44.8 Å². The first-order valence-corrected chi connectivity index (χ1v) is 10.1. The highest BCUT2D eigenvalue weighted by atomic mass is 15.4. The van der Waals surface area contributed by atoms with Gasteiger partial charge in [-0.2, -0.15) is 5.10 Å². The Morgan fingerprint density at radius 2 is 1.65 bits per heavy atom. The molecule has 1 saturated heterocycles. The Kier molecular flexibility index (Phi) is 4.09. The lowest BCUT2D eigenvalue weighted by Gasteiger charge is -2.36. The van der Waals surface area contributed by atoms with E-state index in [1.807, 2.05) is 0 Å².